The fourth-order valence-electron chi connectivity index (χ4n) is 1.84. The molecule has 0 spiro atoms. The van der Waals surface area contributed by atoms with Crippen LogP contribution in [-0.2, 0) is 10.0 Å². The number of ketones is 1. The fourth-order valence-corrected chi connectivity index (χ4v) is 3.26. The molecule has 0 aliphatic heterocycles. The van der Waals surface area contributed by atoms with Gasteiger partial charge in [0.2, 0.25) is 0 Å². The van der Waals surface area contributed by atoms with Crippen LogP contribution in [0.1, 0.15) is 29.8 Å². The van der Waals surface area contributed by atoms with E-state index in [-0.39, 0.29) is 10.7 Å². The van der Waals surface area contributed by atoms with Crippen molar-refractivity contribution in [3.63, 3.8) is 0 Å². The Kier molecular flexibility index (Phi) is 4.13. The minimum absolute atomic E-state index is 0.166. The molecule has 1 aromatic heterocycles. The molecule has 0 aliphatic carbocycles. The van der Waals surface area contributed by atoms with E-state index < -0.39 is 14.3 Å². The summed E-state index contributed by atoms with van der Waals surface area (Å²) in [6.07, 6.45) is 2.74. The van der Waals surface area contributed by atoms with Gasteiger partial charge in [-0.3, -0.25) is 4.79 Å². The minimum atomic E-state index is -3.66. The zero-order valence-electron chi connectivity index (χ0n) is 12.0. The normalized spacial score (nSPS) is 12.4. The summed E-state index contributed by atoms with van der Waals surface area (Å²) in [6, 6.07) is 8.10. The number of rotatable bonds is 4. The standard InChI is InChI=1S/C15H16BrNO3S/c1-11-4-6-13(7-5-11)21(19,20)17-9-8-12(10-17)14(18)15(2,3)16/h4-10H,1-3H3. The van der Waals surface area contributed by atoms with Gasteiger partial charge in [0.25, 0.3) is 10.0 Å². The Morgan fingerprint density at radius 2 is 1.71 bits per heavy atom. The van der Waals surface area contributed by atoms with Crippen molar-refractivity contribution >= 4 is 31.7 Å². The molecule has 0 N–H and O–H groups in total. The summed E-state index contributed by atoms with van der Waals surface area (Å²) in [5, 5.41) is 0. The molecule has 6 heteroatoms. The Morgan fingerprint density at radius 3 is 2.24 bits per heavy atom. The summed E-state index contributed by atoms with van der Waals surface area (Å²) in [5.74, 6) is -0.166. The number of aromatic nitrogens is 1. The molecule has 2 aromatic rings. The van der Waals surface area contributed by atoms with Crippen LogP contribution in [0.2, 0.25) is 0 Å². The zero-order valence-corrected chi connectivity index (χ0v) is 14.4. The van der Waals surface area contributed by atoms with Crippen LogP contribution in [0.4, 0.5) is 0 Å². The van der Waals surface area contributed by atoms with Crippen molar-refractivity contribution in [3.8, 4) is 0 Å². The maximum Gasteiger partial charge on any atom is 0.267 e. The van der Waals surface area contributed by atoms with Crippen molar-refractivity contribution in [1.82, 2.24) is 3.97 Å². The maximum atomic E-state index is 12.5. The number of Topliss-reactive ketones (excluding diaryl/α,β-unsaturated/α-hetero) is 1. The second-order valence-electron chi connectivity index (χ2n) is 5.35. The second-order valence-corrected chi connectivity index (χ2v) is 9.18. The third-order valence-electron chi connectivity index (χ3n) is 3.07. The highest BCUT2D eigenvalue weighted by Crippen LogP contribution is 2.23. The number of aryl methyl sites for hydroxylation is 1. The third-order valence-corrected chi connectivity index (χ3v) is 5.08. The minimum Gasteiger partial charge on any atom is -0.293 e. The number of nitrogens with zero attached hydrogens (tertiary/aromatic N) is 1. The Hall–Kier alpha value is -1.40. The number of hydrogen-bond acceptors (Lipinski definition) is 3. The van der Waals surface area contributed by atoms with Gasteiger partial charge in [-0.2, -0.15) is 0 Å². The first-order valence-electron chi connectivity index (χ1n) is 6.36. The van der Waals surface area contributed by atoms with Gasteiger partial charge in [-0.05, 0) is 39.0 Å². The first-order valence-corrected chi connectivity index (χ1v) is 8.59. The van der Waals surface area contributed by atoms with Crippen LogP contribution < -0.4 is 0 Å². The van der Waals surface area contributed by atoms with Gasteiger partial charge in [0.05, 0.1) is 9.22 Å². The number of hydrogen-bond donors (Lipinski definition) is 0. The van der Waals surface area contributed by atoms with Crippen molar-refractivity contribution in [2.75, 3.05) is 0 Å². The lowest BCUT2D eigenvalue weighted by atomic mass is 10.0. The molecule has 0 unspecified atom stereocenters. The Labute approximate surface area is 133 Å². The predicted molar refractivity (Wildman–Crippen MR) is 85.5 cm³/mol. The molecule has 0 fully saturated rings. The fraction of sp³-hybridized carbons (Fsp3) is 0.267. The molecule has 4 nitrogen and oxygen atoms in total. The molecule has 1 aromatic carbocycles. The molecule has 0 amide bonds. The van der Waals surface area contributed by atoms with E-state index in [2.05, 4.69) is 15.9 Å². The number of carbonyl (C=O) groups excluding carboxylic acids is 1. The molecule has 21 heavy (non-hydrogen) atoms. The van der Waals surface area contributed by atoms with E-state index in [1.165, 1.54) is 18.5 Å². The number of benzene rings is 1. The van der Waals surface area contributed by atoms with E-state index in [1.807, 2.05) is 6.92 Å². The van der Waals surface area contributed by atoms with E-state index in [1.54, 1.807) is 38.1 Å². The third kappa shape index (κ3) is 3.27. The molecule has 0 bridgehead atoms. The molecule has 0 saturated carbocycles. The Balaban J connectivity index is 2.41. The monoisotopic (exact) mass is 369 g/mol. The lowest BCUT2D eigenvalue weighted by Crippen LogP contribution is -2.23. The van der Waals surface area contributed by atoms with Crippen LogP contribution in [0.25, 0.3) is 0 Å². The van der Waals surface area contributed by atoms with Gasteiger partial charge in [0, 0.05) is 18.0 Å². The zero-order chi connectivity index (χ0) is 15.8. The molecular formula is C15H16BrNO3S. The van der Waals surface area contributed by atoms with E-state index in [0.717, 1.165) is 9.54 Å². The highest BCUT2D eigenvalue weighted by atomic mass is 79.9. The Morgan fingerprint density at radius 1 is 1.14 bits per heavy atom. The molecular weight excluding hydrogens is 354 g/mol. The summed E-state index contributed by atoms with van der Waals surface area (Å²) in [6.45, 7) is 5.34. The van der Waals surface area contributed by atoms with Gasteiger partial charge in [0.15, 0.2) is 5.78 Å². The number of alkyl halides is 1. The smallest absolute Gasteiger partial charge is 0.267 e. The van der Waals surface area contributed by atoms with Gasteiger partial charge in [-0.1, -0.05) is 33.6 Å². The largest absolute Gasteiger partial charge is 0.293 e. The van der Waals surface area contributed by atoms with Crippen LogP contribution in [0.15, 0.2) is 47.6 Å². The first kappa shape index (κ1) is 16.0. The van der Waals surface area contributed by atoms with E-state index in [0.29, 0.717) is 5.56 Å². The summed E-state index contributed by atoms with van der Waals surface area (Å²) >= 11 is 3.28. The van der Waals surface area contributed by atoms with Gasteiger partial charge in [-0.15, -0.1) is 0 Å². The average molecular weight is 370 g/mol. The SMILES string of the molecule is Cc1ccc(S(=O)(=O)n2ccc(C(=O)C(C)(C)Br)c2)cc1. The van der Waals surface area contributed by atoms with E-state index in [9.17, 15) is 13.2 Å². The van der Waals surface area contributed by atoms with Gasteiger partial charge >= 0.3 is 0 Å². The highest BCUT2D eigenvalue weighted by molar-refractivity contribution is 9.10. The quantitative estimate of drug-likeness (QED) is 0.612. The topological polar surface area (TPSA) is 56.1 Å². The number of halogens is 1. The summed E-state index contributed by atoms with van der Waals surface area (Å²) < 4.78 is 25.3. The summed E-state index contributed by atoms with van der Waals surface area (Å²) in [5.41, 5.74) is 1.34. The molecule has 0 saturated heterocycles. The summed E-state index contributed by atoms with van der Waals surface area (Å²) in [4.78, 5) is 12.3. The lowest BCUT2D eigenvalue weighted by Gasteiger charge is -2.12. The van der Waals surface area contributed by atoms with Crippen molar-refractivity contribution < 1.29 is 13.2 Å². The molecule has 0 aliphatic rings. The average Bonchev–Trinajstić information content (AvgIpc) is 2.87. The van der Waals surface area contributed by atoms with E-state index in [4.69, 9.17) is 0 Å². The van der Waals surface area contributed by atoms with Crippen LogP contribution in [-0.4, -0.2) is 22.5 Å². The van der Waals surface area contributed by atoms with Crippen LogP contribution in [0.5, 0.6) is 0 Å². The first-order chi connectivity index (χ1) is 9.62. The van der Waals surface area contributed by atoms with E-state index >= 15 is 0 Å². The van der Waals surface area contributed by atoms with Crippen molar-refractivity contribution in [2.45, 2.75) is 30.0 Å². The van der Waals surface area contributed by atoms with Crippen molar-refractivity contribution in [3.05, 3.63) is 53.9 Å². The van der Waals surface area contributed by atoms with Gasteiger partial charge < -0.3 is 0 Å². The molecule has 2 rings (SSSR count). The van der Waals surface area contributed by atoms with Crippen LogP contribution in [0, 0.1) is 6.92 Å². The summed E-state index contributed by atoms with van der Waals surface area (Å²) in [7, 11) is -3.66. The Bertz CT molecular complexity index is 768. The molecule has 112 valence electrons. The molecule has 1 heterocycles. The van der Waals surface area contributed by atoms with Gasteiger partial charge in [0.1, 0.15) is 0 Å². The number of carbonyl (C=O) groups is 1. The van der Waals surface area contributed by atoms with Crippen molar-refractivity contribution in [1.29, 1.82) is 0 Å². The predicted octanol–water partition coefficient (Wildman–Crippen LogP) is 3.39. The van der Waals surface area contributed by atoms with Crippen molar-refractivity contribution in [2.24, 2.45) is 0 Å². The highest BCUT2D eigenvalue weighted by Gasteiger charge is 2.27. The van der Waals surface area contributed by atoms with Crippen LogP contribution >= 0.6 is 15.9 Å². The second kappa shape index (κ2) is 5.42. The molecule has 0 radical (unpaired) electrons. The molecule has 0 atom stereocenters. The lowest BCUT2D eigenvalue weighted by molar-refractivity contribution is 0.0961. The van der Waals surface area contributed by atoms with Gasteiger partial charge in [-0.25, -0.2) is 12.4 Å². The maximum absolute atomic E-state index is 12.5. The van der Waals surface area contributed by atoms with Crippen LogP contribution in [0.3, 0.4) is 0 Å².